The molecular weight excluding hydrogens is 212 g/mol. The van der Waals surface area contributed by atoms with Gasteiger partial charge in [-0.1, -0.05) is 41.5 Å². The van der Waals surface area contributed by atoms with E-state index >= 15 is 0 Å². The molecule has 0 saturated carbocycles. The van der Waals surface area contributed by atoms with Crippen LogP contribution in [0.1, 0.15) is 34.6 Å². The molecule has 0 saturated heterocycles. The molecule has 0 spiro atoms. The Morgan fingerprint density at radius 1 is 1.18 bits per heavy atom. The lowest BCUT2D eigenvalue weighted by molar-refractivity contribution is -0.138. The topological polar surface area (TPSA) is 26.3 Å². The number of carbonyl (C=O) groups excluding carboxylic acids is 1. The summed E-state index contributed by atoms with van der Waals surface area (Å²) in [5.41, 5.74) is 2.98. The summed E-state index contributed by atoms with van der Waals surface area (Å²) in [6.07, 6.45) is 9.73. The first kappa shape index (κ1) is 15.4. The first-order chi connectivity index (χ1) is 8.01. The van der Waals surface area contributed by atoms with Crippen molar-refractivity contribution >= 4 is 5.97 Å². The predicted octanol–water partition coefficient (Wildman–Crippen LogP) is 3.96. The number of allylic oxidation sites excluding steroid dienone is 7. The van der Waals surface area contributed by atoms with E-state index < -0.39 is 0 Å². The van der Waals surface area contributed by atoms with Gasteiger partial charge in [0.1, 0.15) is 0 Å². The molecule has 0 rings (SSSR count). The number of rotatable bonds is 5. The van der Waals surface area contributed by atoms with Gasteiger partial charge in [0.2, 0.25) is 0 Å². The highest BCUT2D eigenvalue weighted by molar-refractivity contribution is 5.88. The largest absolute Gasteiger partial charge is 0.463 e. The minimum atomic E-state index is -0.261. The third kappa shape index (κ3) is 7.34. The predicted molar refractivity (Wildman–Crippen MR) is 72.7 cm³/mol. The first-order valence-electron chi connectivity index (χ1n) is 5.84. The molecular formula is C15H22O2. The molecule has 0 atom stereocenters. The van der Waals surface area contributed by atoms with E-state index in [0.717, 1.165) is 5.57 Å². The van der Waals surface area contributed by atoms with Crippen LogP contribution in [-0.2, 0) is 9.53 Å². The van der Waals surface area contributed by atoms with Crippen LogP contribution in [0.4, 0.5) is 0 Å². The molecule has 0 aliphatic rings. The van der Waals surface area contributed by atoms with Gasteiger partial charge in [-0.3, -0.25) is 0 Å². The Hall–Kier alpha value is -1.57. The van der Waals surface area contributed by atoms with Gasteiger partial charge < -0.3 is 4.74 Å². The summed E-state index contributed by atoms with van der Waals surface area (Å²) in [6.45, 7) is 10.0. The summed E-state index contributed by atoms with van der Waals surface area (Å²) in [5.74, 6) is -0.261. The Kier molecular flexibility index (Phi) is 7.78. The van der Waals surface area contributed by atoms with Crippen molar-refractivity contribution in [1.29, 1.82) is 0 Å². The highest BCUT2D eigenvalue weighted by Crippen LogP contribution is 2.04. The molecule has 0 unspecified atom stereocenters. The monoisotopic (exact) mass is 234 g/mol. The van der Waals surface area contributed by atoms with E-state index in [2.05, 4.69) is 19.1 Å². The molecule has 0 aromatic rings. The summed E-state index contributed by atoms with van der Waals surface area (Å²) in [4.78, 5) is 11.3. The molecule has 0 aliphatic heterocycles. The van der Waals surface area contributed by atoms with Crippen LogP contribution >= 0.6 is 0 Å². The van der Waals surface area contributed by atoms with Crippen molar-refractivity contribution in [2.45, 2.75) is 34.6 Å². The van der Waals surface area contributed by atoms with Gasteiger partial charge in [-0.2, -0.15) is 0 Å². The highest BCUT2D eigenvalue weighted by Gasteiger charge is 2.01. The van der Waals surface area contributed by atoms with Crippen molar-refractivity contribution in [1.82, 2.24) is 0 Å². The van der Waals surface area contributed by atoms with Crippen molar-refractivity contribution in [3.63, 3.8) is 0 Å². The summed E-state index contributed by atoms with van der Waals surface area (Å²) < 4.78 is 4.88. The Morgan fingerprint density at radius 3 is 2.35 bits per heavy atom. The van der Waals surface area contributed by atoms with E-state index in [1.807, 2.05) is 26.0 Å². The summed E-state index contributed by atoms with van der Waals surface area (Å²) >= 11 is 0. The number of carbonyl (C=O) groups is 1. The van der Waals surface area contributed by atoms with Crippen LogP contribution in [0.5, 0.6) is 0 Å². The lowest BCUT2D eigenvalue weighted by Gasteiger charge is -1.99. The van der Waals surface area contributed by atoms with Crippen LogP contribution in [0.2, 0.25) is 0 Å². The molecule has 0 radical (unpaired) electrons. The number of esters is 1. The van der Waals surface area contributed by atoms with Gasteiger partial charge in [0.05, 0.1) is 6.61 Å². The van der Waals surface area contributed by atoms with E-state index in [9.17, 15) is 4.79 Å². The Labute approximate surface area is 104 Å². The van der Waals surface area contributed by atoms with Crippen molar-refractivity contribution < 1.29 is 9.53 Å². The van der Waals surface area contributed by atoms with E-state index in [1.165, 1.54) is 5.57 Å². The third-order valence-corrected chi connectivity index (χ3v) is 2.21. The van der Waals surface area contributed by atoms with Crippen LogP contribution in [0.15, 0.2) is 47.1 Å². The molecule has 0 fully saturated rings. The third-order valence-electron chi connectivity index (χ3n) is 2.21. The fourth-order valence-electron chi connectivity index (χ4n) is 1.15. The Bertz CT molecular complexity index is 368. The second-order valence-corrected chi connectivity index (χ2v) is 3.85. The van der Waals surface area contributed by atoms with Crippen LogP contribution in [0.3, 0.4) is 0 Å². The van der Waals surface area contributed by atoms with Crippen LogP contribution in [0.25, 0.3) is 0 Å². The maximum absolute atomic E-state index is 11.3. The average molecular weight is 234 g/mol. The molecule has 2 heteroatoms. The zero-order valence-corrected chi connectivity index (χ0v) is 11.4. The van der Waals surface area contributed by atoms with Crippen molar-refractivity contribution in [2.24, 2.45) is 0 Å². The smallest absolute Gasteiger partial charge is 0.333 e. The summed E-state index contributed by atoms with van der Waals surface area (Å²) in [5, 5.41) is 0. The summed E-state index contributed by atoms with van der Waals surface area (Å²) in [7, 11) is 0. The first-order valence-corrected chi connectivity index (χ1v) is 5.84. The second kappa shape index (κ2) is 8.57. The SMILES string of the molecule is C/C=C(C)/C=C(C)/C=C/C=C(\C)C(=O)OCC. The molecule has 17 heavy (non-hydrogen) atoms. The number of ether oxygens (including phenoxy) is 1. The Balaban J connectivity index is 4.50. The highest BCUT2D eigenvalue weighted by atomic mass is 16.5. The lowest BCUT2D eigenvalue weighted by Crippen LogP contribution is -2.04. The van der Waals surface area contributed by atoms with Crippen LogP contribution in [0, 0.1) is 0 Å². The lowest BCUT2D eigenvalue weighted by atomic mass is 10.1. The second-order valence-electron chi connectivity index (χ2n) is 3.85. The molecule has 0 bridgehead atoms. The van der Waals surface area contributed by atoms with Gasteiger partial charge in [0.25, 0.3) is 0 Å². The molecule has 94 valence electrons. The number of hydrogen-bond donors (Lipinski definition) is 0. The van der Waals surface area contributed by atoms with Crippen molar-refractivity contribution in [3.8, 4) is 0 Å². The van der Waals surface area contributed by atoms with E-state index in [1.54, 1.807) is 19.9 Å². The minimum absolute atomic E-state index is 0.261. The van der Waals surface area contributed by atoms with Crippen LogP contribution in [-0.4, -0.2) is 12.6 Å². The Morgan fingerprint density at radius 2 is 1.82 bits per heavy atom. The molecule has 0 N–H and O–H groups in total. The summed E-state index contributed by atoms with van der Waals surface area (Å²) in [6, 6.07) is 0. The van der Waals surface area contributed by atoms with E-state index in [4.69, 9.17) is 4.74 Å². The maximum Gasteiger partial charge on any atom is 0.333 e. The molecule has 0 heterocycles. The zero-order chi connectivity index (χ0) is 13.3. The van der Waals surface area contributed by atoms with Gasteiger partial charge in [0, 0.05) is 5.57 Å². The number of hydrogen-bond acceptors (Lipinski definition) is 2. The average Bonchev–Trinajstić information content (AvgIpc) is 2.28. The van der Waals surface area contributed by atoms with Crippen molar-refractivity contribution in [3.05, 3.63) is 47.1 Å². The molecule has 0 amide bonds. The van der Waals surface area contributed by atoms with Gasteiger partial charge in [-0.15, -0.1) is 0 Å². The molecule has 0 aliphatic carbocycles. The van der Waals surface area contributed by atoms with Gasteiger partial charge >= 0.3 is 5.97 Å². The fraction of sp³-hybridized carbons (Fsp3) is 0.400. The zero-order valence-electron chi connectivity index (χ0n) is 11.4. The van der Waals surface area contributed by atoms with E-state index in [0.29, 0.717) is 12.2 Å². The van der Waals surface area contributed by atoms with E-state index in [-0.39, 0.29) is 5.97 Å². The molecule has 0 aromatic carbocycles. The molecule has 2 nitrogen and oxygen atoms in total. The fourth-order valence-corrected chi connectivity index (χ4v) is 1.15. The van der Waals surface area contributed by atoms with Gasteiger partial charge in [0.15, 0.2) is 0 Å². The van der Waals surface area contributed by atoms with Gasteiger partial charge in [-0.25, -0.2) is 4.79 Å². The minimum Gasteiger partial charge on any atom is -0.463 e. The van der Waals surface area contributed by atoms with Crippen molar-refractivity contribution in [2.75, 3.05) is 6.61 Å². The normalized spacial score (nSPS) is 14.3. The molecule has 0 aromatic heterocycles. The quantitative estimate of drug-likeness (QED) is 0.409. The van der Waals surface area contributed by atoms with Crippen LogP contribution < -0.4 is 0 Å². The standard InChI is InChI=1S/C15H22O2/c1-6-12(3)11-13(4)9-8-10-14(5)15(16)17-7-2/h6,8-11H,7H2,1-5H3/b9-8+,12-6+,13-11+,14-10+. The maximum atomic E-state index is 11.3. The van der Waals surface area contributed by atoms with Gasteiger partial charge in [-0.05, 0) is 34.6 Å².